The summed E-state index contributed by atoms with van der Waals surface area (Å²) in [4.78, 5) is 0. The van der Waals surface area contributed by atoms with Crippen molar-refractivity contribution in [1.82, 2.24) is 0 Å². The third kappa shape index (κ3) is 108. The molecule has 0 aromatic heterocycles. The Kier molecular flexibility index (Phi) is 84.1. The van der Waals surface area contributed by atoms with Crippen LogP contribution >= 0.6 is 0 Å². The highest BCUT2D eigenvalue weighted by molar-refractivity contribution is 5.60. The highest BCUT2D eigenvalue weighted by atomic mass is 13.7. The lowest BCUT2D eigenvalue weighted by molar-refractivity contribution is 1.92. The number of rotatable bonds is 0. The van der Waals surface area contributed by atoms with E-state index in [2.05, 4.69) is 811 Å². The molecule has 0 amide bonds. The average Bonchev–Trinajstić information content (AvgIpc) is 1.10. The largest absolute Gasteiger partial charge is 0.106 e. The van der Waals surface area contributed by atoms with Crippen molar-refractivity contribution in [2.75, 3.05) is 0 Å². The third-order valence-electron chi connectivity index (χ3n) is 8.57. The van der Waals surface area contributed by atoms with Crippen molar-refractivity contribution in [3.63, 3.8) is 0 Å². The van der Waals surface area contributed by atoms with Crippen LogP contribution in [0.25, 0.3) is 0 Å². The molecule has 0 aromatic rings. The Morgan fingerprint density at radius 2 is 0.0935 bits per heavy atom. The molecule has 0 N–H and O–H groups in total. The molecular weight excluding hydrogens is 1670 g/mol. The molecule has 0 nitrogen and oxygen atoms in total. The fraction of sp³-hybridized carbons (Fsp3) is 0.00719. The van der Waals surface area contributed by atoms with Crippen molar-refractivity contribution in [1.29, 1.82) is 0 Å². The minimum Gasteiger partial charge on any atom is -0.106 e. The second kappa shape index (κ2) is 108. The van der Waals surface area contributed by atoms with Crippen molar-refractivity contribution >= 4 is 0 Å². The Morgan fingerprint density at radius 3 is 0.129 bits per heavy atom. The van der Waals surface area contributed by atoms with Gasteiger partial charge in [-0.25, -0.2) is 0 Å². The van der Waals surface area contributed by atoms with Gasteiger partial charge >= 0.3 is 0 Å². The van der Waals surface area contributed by atoms with Gasteiger partial charge in [-0.3, -0.25) is 0 Å². The number of hydrogen-bond acceptors (Lipinski definition) is 0. The summed E-state index contributed by atoms with van der Waals surface area (Å²) >= 11 is 0. The minimum atomic E-state index is 1.68. The maximum absolute atomic E-state index is 4.96. The Balaban J connectivity index is 4.66. The summed E-state index contributed by atoms with van der Waals surface area (Å²) in [5, 5.41) is 0. The highest BCUT2D eigenvalue weighted by Gasteiger charge is 1.71. The molecule has 0 saturated carbocycles. The molecule has 0 aliphatic carbocycles. The normalized spacial score (nSPS) is 3.97. The van der Waals surface area contributed by atoms with Crippen molar-refractivity contribution in [2.24, 2.45) is 0 Å². The monoisotopic (exact) mass is 1670 g/mol. The van der Waals surface area contributed by atoms with Gasteiger partial charge in [-0.1, -0.05) is 5.92 Å². The van der Waals surface area contributed by atoms with Crippen LogP contribution in [0.1, 0.15) is 6.92 Å². The molecule has 139 heavy (non-hydrogen) atoms. The molecule has 0 heterocycles. The molecule has 560 valence electrons. The van der Waals surface area contributed by atoms with E-state index in [9.17, 15) is 0 Å². The first kappa shape index (κ1) is 109. The van der Waals surface area contributed by atoms with Crippen molar-refractivity contribution in [3.8, 4) is 818 Å². The zero-order valence-electron chi connectivity index (χ0n) is 70.1. The maximum atomic E-state index is 4.96. The predicted octanol–water partition coefficient (Wildman–Crippen LogP) is 0.871. The molecule has 0 aliphatic rings. The molecule has 0 aliphatic heterocycles. The van der Waals surface area contributed by atoms with Gasteiger partial charge in [0.05, 0.1) is 0 Å². The van der Waals surface area contributed by atoms with Gasteiger partial charge in [0.1, 0.15) is 0 Å². The molecule has 0 spiro atoms. The van der Waals surface area contributed by atoms with Gasteiger partial charge < -0.3 is 0 Å². The van der Waals surface area contributed by atoms with E-state index in [-0.39, 0.29) is 0 Å². The third-order valence-corrected chi connectivity index (χ3v) is 8.57. The van der Waals surface area contributed by atoms with Crippen molar-refractivity contribution < 1.29 is 0 Å². The second-order valence-electron chi connectivity index (χ2n) is 17.3. The summed E-state index contributed by atoms with van der Waals surface area (Å²) in [6.07, 6.45) is 4.96. The fourth-order valence-corrected chi connectivity index (χ4v) is 4.25. The van der Waals surface area contributed by atoms with Gasteiger partial charge in [0, 0.05) is 710 Å². The average molecular weight is 1670 g/mol. The molecule has 0 fully saturated rings. The summed E-state index contributed by atoms with van der Waals surface area (Å²) in [6.45, 7) is 1.68. The van der Waals surface area contributed by atoms with Crippen LogP contribution in [-0.4, -0.2) is 0 Å². The van der Waals surface area contributed by atoms with Crippen molar-refractivity contribution in [2.45, 2.75) is 6.92 Å². The summed E-state index contributed by atoms with van der Waals surface area (Å²) in [5.41, 5.74) is 0. The second-order valence-corrected chi connectivity index (χ2v) is 17.3. The van der Waals surface area contributed by atoms with Crippen LogP contribution in [0.4, 0.5) is 0 Å². The van der Waals surface area contributed by atoms with Crippen LogP contribution in [0.15, 0.2) is 0 Å². The summed E-state index contributed by atoms with van der Waals surface area (Å²) < 4.78 is 0. The number of hydrogen-bond donors (Lipinski definition) is 0. The lowest BCUT2D eigenvalue weighted by Crippen LogP contribution is -1.57. The molecular formula is C139H4. The van der Waals surface area contributed by atoms with E-state index in [0.29, 0.717) is 0 Å². The molecule has 0 unspecified atom stereocenters. The minimum absolute atomic E-state index is 1.68. The molecule has 0 radical (unpaired) electrons. The van der Waals surface area contributed by atoms with Gasteiger partial charge in [-0.2, -0.15) is 0 Å². The van der Waals surface area contributed by atoms with Crippen molar-refractivity contribution in [3.05, 3.63) is 0 Å². The smallest absolute Gasteiger partial charge is 0 e. The fourth-order valence-electron chi connectivity index (χ4n) is 4.25. The van der Waals surface area contributed by atoms with E-state index in [1.165, 1.54) is 0 Å². The standard InChI is InChI=1S/C139H4/c1-3-5-7-9-11-13-15-17-19-21-23-25-27-29-31-33-35-37-39-41-43-45-47-49-51-53-55-57-59-61-63-65-67-69-71-73-75-77-79-81-83-85-87-89-91-93-95-97-99-101-103-105-107-109-111-113-115-117-119-121-123-125-127-129-131-133-135-137-139-138-136-134-132-130-128-126-124-122-120-118-116-114-112-110-108-106-104-102-100-98-96-94-92-90-88-86-84-82-80-78-76-74-72-70-68-66-64-62-60-58-56-54-52-50-48-46-44-42-40-38-36-34-32-30-28-26-24-22-20-18-16-14-12-10-8-6-4-2/h1H,2H3. The van der Waals surface area contributed by atoms with Crippen LogP contribution in [0.2, 0.25) is 0 Å². The van der Waals surface area contributed by atoms with Gasteiger partial charge in [0.2, 0.25) is 0 Å². The SMILES string of the molecule is C#CC#CC#CC#CC#CC#CC#CC#CC#CC#CC#CC#CC#CC#CC#CC#CC#CC#CC#CC#CC#CC#CC#CC#CC#CC#CC#CC#CC#CC#CC#CC#CC#CC#CC#CC#CC#CC#CC#CC#CC#CC#CC#CC#CC#CC#CC#CC#CC#CC#CC#CC#CC#CC#CC#CC#CC#CC#CC#CC#CC#CC#CC#CC#CC#CC#CC#CC#CC#CC. The Morgan fingerprint density at radius 1 is 0.0576 bits per heavy atom. The molecule has 0 aromatic carbocycles. The highest BCUT2D eigenvalue weighted by Crippen LogP contribution is 1.71. The summed E-state index contributed by atoms with van der Waals surface area (Å²) in [7, 11) is 0. The first-order valence-electron chi connectivity index (χ1n) is 34.8. The molecule has 0 heteroatoms. The molecule has 0 atom stereocenters. The lowest BCUT2D eigenvalue weighted by Gasteiger charge is -1.58. The first-order valence-corrected chi connectivity index (χ1v) is 34.8. The van der Waals surface area contributed by atoms with E-state index < -0.39 is 0 Å². The Bertz CT molecular complexity index is 9600. The zero-order chi connectivity index (χ0) is 98.9. The van der Waals surface area contributed by atoms with Crippen LogP contribution < -0.4 is 0 Å². The van der Waals surface area contributed by atoms with E-state index >= 15 is 0 Å². The molecule has 0 bridgehead atoms. The van der Waals surface area contributed by atoms with Crippen LogP contribution in [0.3, 0.4) is 0 Å². The van der Waals surface area contributed by atoms with Crippen LogP contribution in [0.5, 0.6) is 0 Å². The van der Waals surface area contributed by atoms with E-state index in [4.69, 9.17) is 6.42 Å². The quantitative estimate of drug-likeness (QED) is 0.317. The first-order chi connectivity index (χ1) is 69.4. The van der Waals surface area contributed by atoms with Crippen LogP contribution in [0, 0.1) is 818 Å². The zero-order valence-corrected chi connectivity index (χ0v) is 70.1. The van der Waals surface area contributed by atoms with Gasteiger partial charge in [-0.15, -0.1) is 6.42 Å². The molecule has 0 rings (SSSR count). The van der Waals surface area contributed by atoms with Crippen LogP contribution in [-0.2, 0) is 0 Å². The predicted molar refractivity (Wildman–Crippen MR) is 543 cm³/mol. The Labute approximate surface area is 818 Å². The maximum Gasteiger partial charge on any atom is 0 e. The summed E-state index contributed by atoms with van der Waals surface area (Å²) in [5.74, 6) is 342. The van der Waals surface area contributed by atoms with Gasteiger partial charge in [0.25, 0.3) is 0 Å². The number of terminal acetylenes is 1. The Hall–Kier alpha value is -30.4. The van der Waals surface area contributed by atoms with E-state index in [0.717, 1.165) is 0 Å². The van der Waals surface area contributed by atoms with E-state index in [1.807, 2.05) is 0 Å². The lowest BCUT2D eigenvalue weighted by atomic mass is 10.4. The topological polar surface area (TPSA) is 0 Å². The molecule has 0 saturated heterocycles. The summed E-state index contributed by atoms with van der Waals surface area (Å²) in [6, 6.07) is 0. The van der Waals surface area contributed by atoms with E-state index in [1.54, 1.807) is 6.92 Å². The van der Waals surface area contributed by atoms with Gasteiger partial charge in [-0.05, 0) is 102 Å². The van der Waals surface area contributed by atoms with Gasteiger partial charge in [0.15, 0.2) is 0 Å².